The van der Waals surface area contributed by atoms with E-state index in [2.05, 4.69) is 5.32 Å². The lowest BCUT2D eigenvalue weighted by Crippen LogP contribution is -2.21. The number of hydrogen-bond acceptors (Lipinski definition) is 4. The Hall–Kier alpha value is -1.95. The van der Waals surface area contributed by atoms with Gasteiger partial charge in [0.2, 0.25) is 0 Å². The average Bonchev–Trinajstić information content (AvgIpc) is 2.58. The third kappa shape index (κ3) is 5.81. The highest BCUT2D eigenvalue weighted by Crippen LogP contribution is 2.32. The van der Waals surface area contributed by atoms with Crippen molar-refractivity contribution in [2.45, 2.75) is 6.42 Å². The molecule has 0 saturated heterocycles. The van der Waals surface area contributed by atoms with Gasteiger partial charge in [-0.2, -0.15) is 0 Å². The highest BCUT2D eigenvalue weighted by molar-refractivity contribution is 6.44. The van der Waals surface area contributed by atoms with E-state index < -0.39 is 18.5 Å². The zero-order chi connectivity index (χ0) is 18.4. The van der Waals surface area contributed by atoms with Crippen molar-refractivity contribution in [2.75, 3.05) is 19.0 Å². The number of esters is 1. The van der Waals surface area contributed by atoms with Crippen molar-refractivity contribution in [1.82, 2.24) is 0 Å². The van der Waals surface area contributed by atoms with Crippen LogP contribution in [-0.2, 0) is 20.7 Å². The first-order valence-electron chi connectivity index (χ1n) is 7.12. The summed E-state index contributed by atoms with van der Waals surface area (Å²) in [4.78, 5) is 23.7. The smallest absolute Gasteiger partial charge is 0.310 e. The molecule has 0 heterocycles. The van der Waals surface area contributed by atoms with Crippen molar-refractivity contribution in [1.29, 1.82) is 0 Å². The predicted octanol–water partition coefficient (Wildman–Crippen LogP) is 4.38. The molecule has 0 saturated carbocycles. The van der Waals surface area contributed by atoms with Crippen molar-refractivity contribution < 1.29 is 19.1 Å². The SMILES string of the molecule is COc1cccc(CC(=O)OCC(=O)Nc2cc(Cl)c(Cl)cc2Cl)c1. The van der Waals surface area contributed by atoms with Gasteiger partial charge in [-0.25, -0.2) is 0 Å². The van der Waals surface area contributed by atoms with E-state index in [9.17, 15) is 9.59 Å². The van der Waals surface area contributed by atoms with Gasteiger partial charge in [0.25, 0.3) is 5.91 Å². The van der Waals surface area contributed by atoms with Gasteiger partial charge < -0.3 is 14.8 Å². The molecule has 0 spiro atoms. The molecule has 2 aromatic carbocycles. The van der Waals surface area contributed by atoms with E-state index in [0.717, 1.165) is 5.56 Å². The molecular formula is C17H14Cl3NO4. The van der Waals surface area contributed by atoms with Gasteiger partial charge in [0.15, 0.2) is 6.61 Å². The summed E-state index contributed by atoms with van der Waals surface area (Å²) in [5.74, 6) is -0.444. The zero-order valence-corrected chi connectivity index (χ0v) is 15.4. The zero-order valence-electron chi connectivity index (χ0n) is 13.1. The van der Waals surface area contributed by atoms with Crippen LogP contribution < -0.4 is 10.1 Å². The lowest BCUT2D eigenvalue weighted by atomic mass is 10.1. The fraction of sp³-hybridized carbons (Fsp3) is 0.176. The average molecular weight is 403 g/mol. The molecule has 0 aliphatic heterocycles. The molecule has 0 atom stereocenters. The Morgan fingerprint density at radius 1 is 1.04 bits per heavy atom. The van der Waals surface area contributed by atoms with Gasteiger partial charge in [-0.05, 0) is 29.8 Å². The van der Waals surface area contributed by atoms with Crippen molar-refractivity contribution in [3.05, 3.63) is 57.0 Å². The summed E-state index contributed by atoms with van der Waals surface area (Å²) in [6, 6.07) is 9.85. The van der Waals surface area contributed by atoms with Crippen LogP contribution in [0.5, 0.6) is 5.75 Å². The van der Waals surface area contributed by atoms with Crippen LogP contribution in [0.25, 0.3) is 0 Å². The summed E-state index contributed by atoms with van der Waals surface area (Å²) < 4.78 is 10.0. The number of carbonyl (C=O) groups excluding carboxylic acids is 2. The largest absolute Gasteiger partial charge is 0.497 e. The molecule has 0 aliphatic carbocycles. The van der Waals surface area contributed by atoms with Crippen LogP contribution in [-0.4, -0.2) is 25.6 Å². The first-order valence-corrected chi connectivity index (χ1v) is 8.25. The van der Waals surface area contributed by atoms with Crippen LogP contribution in [0.1, 0.15) is 5.56 Å². The fourth-order valence-corrected chi connectivity index (χ4v) is 2.54. The summed E-state index contributed by atoms with van der Waals surface area (Å²) in [7, 11) is 1.54. The van der Waals surface area contributed by atoms with E-state index >= 15 is 0 Å². The molecule has 5 nitrogen and oxygen atoms in total. The molecule has 25 heavy (non-hydrogen) atoms. The molecule has 2 aromatic rings. The van der Waals surface area contributed by atoms with E-state index in [0.29, 0.717) is 5.75 Å². The molecule has 8 heteroatoms. The Kier molecular flexibility index (Phi) is 6.93. The van der Waals surface area contributed by atoms with Crippen LogP contribution >= 0.6 is 34.8 Å². The second kappa shape index (κ2) is 8.94. The van der Waals surface area contributed by atoms with Gasteiger partial charge in [-0.15, -0.1) is 0 Å². The van der Waals surface area contributed by atoms with E-state index in [-0.39, 0.29) is 27.2 Å². The minimum absolute atomic E-state index is 0.0258. The Balaban J connectivity index is 1.87. The molecule has 0 aromatic heterocycles. The highest BCUT2D eigenvalue weighted by atomic mass is 35.5. The minimum atomic E-state index is -0.542. The number of benzene rings is 2. The third-order valence-corrected chi connectivity index (χ3v) is 4.17. The van der Waals surface area contributed by atoms with Crippen molar-refractivity contribution in [3.8, 4) is 5.75 Å². The quantitative estimate of drug-likeness (QED) is 0.575. The maximum atomic E-state index is 11.9. The maximum absolute atomic E-state index is 11.9. The van der Waals surface area contributed by atoms with Gasteiger partial charge >= 0.3 is 5.97 Å². The Labute approximate surface area is 159 Å². The summed E-state index contributed by atoms with van der Waals surface area (Å²) >= 11 is 17.7. The van der Waals surface area contributed by atoms with E-state index in [1.165, 1.54) is 19.2 Å². The lowest BCUT2D eigenvalue weighted by molar-refractivity contribution is -0.146. The molecule has 1 N–H and O–H groups in total. The standard InChI is InChI=1S/C17H14Cl3NO4/c1-24-11-4-2-3-10(5-11)6-17(23)25-9-16(22)21-15-8-13(19)12(18)7-14(15)20/h2-5,7-8H,6,9H2,1H3,(H,21,22). The van der Waals surface area contributed by atoms with Crippen molar-refractivity contribution in [3.63, 3.8) is 0 Å². The van der Waals surface area contributed by atoms with Crippen LogP contribution in [0, 0.1) is 0 Å². The van der Waals surface area contributed by atoms with Gasteiger partial charge in [-0.3, -0.25) is 9.59 Å². The second-order valence-electron chi connectivity index (χ2n) is 4.98. The predicted molar refractivity (Wildman–Crippen MR) is 97.8 cm³/mol. The van der Waals surface area contributed by atoms with Crippen LogP contribution in [0.4, 0.5) is 5.69 Å². The first-order chi connectivity index (χ1) is 11.9. The summed E-state index contributed by atoms with van der Waals surface area (Å²) in [6.07, 6.45) is 0.0258. The van der Waals surface area contributed by atoms with E-state index in [4.69, 9.17) is 44.3 Å². The van der Waals surface area contributed by atoms with E-state index in [1.54, 1.807) is 24.3 Å². The number of rotatable bonds is 6. The molecule has 0 unspecified atom stereocenters. The second-order valence-corrected chi connectivity index (χ2v) is 6.20. The van der Waals surface area contributed by atoms with Crippen LogP contribution in [0.2, 0.25) is 15.1 Å². The molecular weight excluding hydrogens is 389 g/mol. The number of hydrogen-bond donors (Lipinski definition) is 1. The Morgan fingerprint density at radius 3 is 2.48 bits per heavy atom. The fourth-order valence-electron chi connectivity index (χ4n) is 1.95. The number of methoxy groups -OCH3 is 1. The van der Waals surface area contributed by atoms with Gasteiger partial charge in [0.05, 0.1) is 34.3 Å². The molecule has 0 bridgehead atoms. The normalized spacial score (nSPS) is 10.2. The highest BCUT2D eigenvalue weighted by Gasteiger charge is 2.12. The summed E-state index contributed by atoms with van der Waals surface area (Å²) in [6.45, 7) is -0.445. The molecule has 0 aliphatic rings. The van der Waals surface area contributed by atoms with Gasteiger partial charge in [-0.1, -0.05) is 46.9 Å². The number of nitrogens with one attached hydrogen (secondary N) is 1. The number of halogens is 3. The molecule has 1 amide bonds. The van der Waals surface area contributed by atoms with Crippen LogP contribution in [0.15, 0.2) is 36.4 Å². The number of carbonyl (C=O) groups is 2. The lowest BCUT2D eigenvalue weighted by Gasteiger charge is -2.09. The number of amides is 1. The monoisotopic (exact) mass is 401 g/mol. The van der Waals surface area contributed by atoms with Crippen LogP contribution in [0.3, 0.4) is 0 Å². The van der Waals surface area contributed by atoms with Gasteiger partial charge in [0, 0.05) is 0 Å². The Morgan fingerprint density at radius 2 is 1.76 bits per heavy atom. The topological polar surface area (TPSA) is 64.6 Å². The molecule has 132 valence electrons. The third-order valence-electron chi connectivity index (χ3n) is 3.13. The van der Waals surface area contributed by atoms with Crippen molar-refractivity contribution >= 4 is 52.4 Å². The maximum Gasteiger partial charge on any atom is 0.310 e. The summed E-state index contributed by atoms with van der Waals surface area (Å²) in [5, 5.41) is 3.25. The van der Waals surface area contributed by atoms with Gasteiger partial charge in [0.1, 0.15) is 5.75 Å². The number of anilines is 1. The number of ether oxygens (including phenoxy) is 2. The molecule has 0 fully saturated rings. The van der Waals surface area contributed by atoms with E-state index in [1.807, 2.05) is 0 Å². The first kappa shape index (κ1) is 19.4. The summed E-state index contributed by atoms with van der Waals surface area (Å²) in [5.41, 5.74) is 1.00. The molecule has 2 rings (SSSR count). The Bertz CT molecular complexity index is 795. The van der Waals surface area contributed by atoms with Crippen molar-refractivity contribution in [2.24, 2.45) is 0 Å². The minimum Gasteiger partial charge on any atom is -0.497 e. The molecule has 0 radical (unpaired) electrons.